The van der Waals surface area contributed by atoms with Gasteiger partial charge >= 0.3 is 5.97 Å². The molecule has 1 aromatic heterocycles. The van der Waals surface area contributed by atoms with E-state index in [-0.39, 0.29) is 22.7 Å². The van der Waals surface area contributed by atoms with Gasteiger partial charge in [-0.25, -0.2) is 9.78 Å². The Balaban J connectivity index is 1.81. The van der Waals surface area contributed by atoms with Crippen molar-refractivity contribution in [1.29, 1.82) is 5.26 Å². The summed E-state index contributed by atoms with van der Waals surface area (Å²) in [6.07, 6.45) is 0. The van der Waals surface area contributed by atoms with Crippen LogP contribution in [0.25, 0.3) is 16.6 Å². The minimum absolute atomic E-state index is 0.148. The maximum Gasteiger partial charge on any atom is 0.342 e. The summed E-state index contributed by atoms with van der Waals surface area (Å²) >= 11 is 0. The smallest absolute Gasteiger partial charge is 0.342 e. The van der Waals surface area contributed by atoms with Gasteiger partial charge in [-0.3, -0.25) is 0 Å². The minimum atomic E-state index is -0.920. The third-order valence-corrected chi connectivity index (χ3v) is 3.57. The van der Waals surface area contributed by atoms with Crippen molar-refractivity contribution in [1.82, 2.24) is 9.97 Å². The maximum absolute atomic E-state index is 12.0. The predicted molar refractivity (Wildman–Crippen MR) is 91.3 cm³/mol. The number of para-hydroxylation sites is 2. The molecule has 0 aliphatic carbocycles. The molecule has 4 N–H and O–H groups in total. The molecule has 0 aliphatic rings. The quantitative estimate of drug-likeness (QED) is 0.322. The van der Waals surface area contributed by atoms with Crippen molar-refractivity contribution in [3.8, 4) is 17.6 Å². The number of allylic oxidation sites excluding steroid dienone is 1. The molecule has 0 amide bonds. The molecule has 3 rings (SSSR count). The fourth-order valence-corrected chi connectivity index (χ4v) is 2.30. The van der Waals surface area contributed by atoms with Gasteiger partial charge in [0, 0.05) is 6.07 Å². The highest BCUT2D eigenvalue weighted by atomic mass is 16.5. The topological polar surface area (TPSA) is 139 Å². The standard InChI is InChI=1S/C18H13N3O5/c19-8-12(17-20-13-3-1-2-4-14(13)21-17)16(24)9-26-18(25)11-6-5-10(22)7-15(11)23/h1-7,22-24H,9H2,(H,20,21). The highest BCUT2D eigenvalue weighted by molar-refractivity contribution is 5.92. The van der Waals surface area contributed by atoms with Crippen molar-refractivity contribution in [2.45, 2.75) is 0 Å². The summed E-state index contributed by atoms with van der Waals surface area (Å²) in [6.45, 7) is -0.584. The number of esters is 1. The number of aromatic nitrogens is 2. The van der Waals surface area contributed by atoms with E-state index in [0.29, 0.717) is 11.0 Å². The number of aromatic hydroxyl groups is 2. The lowest BCUT2D eigenvalue weighted by atomic mass is 10.2. The van der Waals surface area contributed by atoms with Crippen molar-refractivity contribution in [3.63, 3.8) is 0 Å². The number of ether oxygens (including phenoxy) is 1. The van der Waals surface area contributed by atoms with Crippen LogP contribution in [0.15, 0.2) is 48.2 Å². The van der Waals surface area contributed by atoms with Gasteiger partial charge in [0.1, 0.15) is 35.3 Å². The summed E-state index contributed by atoms with van der Waals surface area (Å²) < 4.78 is 4.91. The van der Waals surface area contributed by atoms with Crippen molar-refractivity contribution < 1.29 is 24.9 Å². The molecule has 0 saturated carbocycles. The van der Waals surface area contributed by atoms with Crippen LogP contribution >= 0.6 is 0 Å². The molecule has 0 radical (unpaired) electrons. The number of carbonyl (C=O) groups excluding carboxylic acids is 1. The largest absolute Gasteiger partial charge is 0.508 e. The number of nitrogens with zero attached hydrogens (tertiary/aromatic N) is 2. The number of H-pyrrole nitrogens is 1. The number of aliphatic hydroxyl groups excluding tert-OH is 1. The zero-order chi connectivity index (χ0) is 18.7. The molecule has 0 spiro atoms. The van der Waals surface area contributed by atoms with E-state index in [1.54, 1.807) is 24.3 Å². The third kappa shape index (κ3) is 3.27. The first kappa shape index (κ1) is 16.9. The van der Waals surface area contributed by atoms with Crippen molar-refractivity contribution in [2.75, 3.05) is 6.61 Å². The first-order valence-corrected chi connectivity index (χ1v) is 7.46. The van der Waals surface area contributed by atoms with Gasteiger partial charge in [0.05, 0.1) is 11.0 Å². The molecule has 0 aliphatic heterocycles. The number of nitriles is 1. The highest BCUT2D eigenvalue weighted by Crippen LogP contribution is 2.24. The van der Waals surface area contributed by atoms with Crippen LogP contribution in [0.2, 0.25) is 0 Å². The second kappa shape index (κ2) is 6.86. The Morgan fingerprint density at radius 1 is 1.23 bits per heavy atom. The van der Waals surface area contributed by atoms with E-state index in [2.05, 4.69) is 9.97 Å². The number of phenols is 2. The maximum atomic E-state index is 12.0. The predicted octanol–water partition coefficient (Wildman–Crippen LogP) is 2.62. The third-order valence-electron chi connectivity index (χ3n) is 3.57. The Bertz CT molecular complexity index is 1030. The van der Waals surface area contributed by atoms with E-state index in [1.165, 1.54) is 12.1 Å². The van der Waals surface area contributed by atoms with Gasteiger partial charge in [-0.05, 0) is 24.3 Å². The van der Waals surface area contributed by atoms with Crippen molar-refractivity contribution in [3.05, 3.63) is 59.6 Å². The summed E-state index contributed by atoms with van der Waals surface area (Å²) in [5, 5.41) is 38.3. The number of hydrogen-bond acceptors (Lipinski definition) is 7. The minimum Gasteiger partial charge on any atom is -0.508 e. The molecule has 0 bridgehead atoms. The van der Waals surface area contributed by atoms with E-state index >= 15 is 0 Å². The Morgan fingerprint density at radius 2 is 2.00 bits per heavy atom. The zero-order valence-corrected chi connectivity index (χ0v) is 13.3. The first-order valence-electron chi connectivity index (χ1n) is 7.46. The molecule has 0 unspecified atom stereocenters. The number of benzene rings is 2. The van der Waals surface area contributed by atoms with Crippen LogP contribution in [0.1, 0.15) is 16.2 Å². The summed E-state index contributed by atoms with van der Waals surface area (Å²) in [7, 11) is 0. The lowest BCUT2D eigenvalue weighted by Gasteiger charge is -2.07. The Morgan fingerprint density at radius 3 is 2.69 bits per heavy atom. The molecule has 130 valence electrons. The van der Waals surface area contributed by atoms with Gasteiger partial charge in [-0.15, -0.1) is 0 Å². The van der Waals surface area contributed by atoms with E-state index in [9.17, 15) is 25.4 Å². The molecular formula is C18H13N3O5. The molecule has 26 heavy (non-hydrogen) atoms. The van der Waals surface area contributed by atoms with Gasteiger partial charge in [0.15, 0.2) is 11.6 Å². The monoisotopic (exact) mass is 351 g/mol. The average Bonchev–Trinajstić information content (AvgIpc) is 3.04. The number of phenolic OH excluding ortho intramolecular Hbond substituents is 2. The number of hydrogen-bond donors (Lipinski definition) is 4. The van der Waals surface area contributed by atoms with E-state index < -0.39 is 24.1 Å². The van der Waals surface area contributed by atoms with Gasteiger partial charge in [-0.1, -0.05) is 12.1 Å². The van der Waals surface area contributed by atoms with Gasteiger partial charge in [0.2, 0.25) is 0 Å². The second-order valence-corrected chi connectivity index (χ2v) is 5.31. The van der Waals surface area contributed by atoms with E-state index in [1.807, 2.05) is 6.07 Å². The number of rotatable bonds is 4. The van der Waals surface area contributed by atoms with Crippen LogP contribution in [-0.4, -0.2) is 37.9 Å². The highest BCUT2D eigenvalue weighted by Gasteiger charge is 2.17. The molecular weight excluding hydrogens is 338 g/mol. The van der Waals surface area contributed by atoms with Crippen molar-refractivity contribution in [2.24, 2.45) is 0 Å². The molecule has 3 aromatic rings. The summed E-state index contributed by atoms with van der Waals surface area (Å²) in [4.78, 5) is 19.1. The fourth-order valence-electron chi connectivity index (χ4n) is 2.30. The van der Waals surface area contributed by atoms with Crippen molar-refractivity contribution >= 4 is 22.6 Å². The average molecular weight is 351 g/mol. The number of imidazole rings is 1. The summed E-state index contributed by atoms with van der Waals surface area (Å²) in [5.41, 5.74) is 0.963. The van der Waals surface area contributed by atoms with Crippen LogP contribution in [-0.2, 0) is 4.74 Å². The molecule has 1 heterocycles. The van der Waals surface area contributed by atoms with Gasteiger partial charge in [-0.2, -0.15) is 5.26 Å². The van der Waals surface area contributed by atoms with Crippen LogP contribution in [0.3, 0.4) is 0 Å². The molecule has 2 aromatic carbocycles. The molecule has 8 nitrogen and oxygen atoms in total. The number of aliphatic hydroxyl groups is 1. The van der Waals surface area contributed by atoms with Gasteiger partial charge < -0.3 is 25.0 Å². The van der Waals surface area contributed by atoms with Gasteiger partial charge in [0.25, 0.3) is 0 Å². The lowest BCUT2D eigenvalue weighted by molar-refractivity contribution is 0.0499. The van der Waals surface area contributed by atoms with Crippen LogP contribution in [0.4, 0.5) is 0 Å². The Kier molecular flexibility index (Phi) is 4.45. The van der Waals surface area contributed by atoms with E-state index in [4.69, 9.17) is 4.74 Å². The summed E-state index contributed by atoms with van der Waals surface area (Å²) in [5.74, 6) is -1.93. The Labute approximate surface area is 147 Å². The normalized spacial score (nSPS) is 11.7. The number of carbonyl (C=O) groups is 1. The summed E-state index contributed by atoms with van der Waals surface area (Å²) in [6, 6.07) is 12.3. The molecule has 8 heteroatoms. The SMILES string of the molecule is N#CC(=C(O)COC(=O)c1ccc(O)cc1O)c1nc2ccccc2[nH]1. The number of nitrogens with one attached hydrogen (secondary N) is 1. The Hall–Kier alpha value is -3.99. The molecule has 0 atom stereocenters. The fraction of sp³-hybridized carbons (Fsp3) is 0.0556. The number of fused-ring (bicyclic) bond motifs is 1. The lowest BCUT2D eigenvalue weighted by Crippen LogP contribution is -2.09. The van der Waals surface area contributed by atoms with Crippen LogP contribution in [0.5, 0.6) is 11.5 Å². The second-order valence-electron chi connectivity index (χ2n) is 5.31. The van der Waals surface area contributed by atoms with E-state index in [0.717, 1.165) is 6.07 Å². The zero-order valence-electron chi connectivity index (χ0n) is 13.3. The van der Waals surface area contributed by atoms with Crippen LogP contribution < -0.4 is 0 Å². The molecule has 0 fully saturated rings. The number of aromatic amines is 1. The van der Waals surface area contributed by atoms with Crippen LogP contribution in [0, 0.1) is 11.3 Å². The molecule has 0 saturated heterocycles. The first-order chi connectivity index (χ1) is 12.5.